The van der Waals surface area contributed by atoms with Gasteiger partial charge in [-0.05, 0) is 37.8 Å². The van der Waals surface area contributed by atoms with Crippen LogP contribution in [-0.2, 0) is 4.79 Å². The molecular weight excluding hydrogens is 373 g/mol. The molecule has 26 heavy (non-hydrogen) atoms. The van der Waals surface area contributed by atoms with Gasteiger partial charge in [-0.1, -0.05) is 48.5 Å². The molecule has 5 nitrogen and oxygen atoms in total. The lowest BCUT2D eigenvalue weighted by Crippen LogP contribution is -2.49. The lowest BCUT2D eigenvalue weighted by Gasteiger charge is -2.33. The standard InChI is InChI=1S/C19H25Cl2N3O2/c20-15-7-4-8-16(17(15)21)23-18(25)13-9-11-24(12-10-13)19(26)22-14-5-2-1-3-6-14/h4,7-8,13-14H,1-3,5-6,9-12H2,(H,22,26)(H,23,25). The number of amides is 3. The molecule has 1 heterocycles. The van der Waals surface area contributed by atoms with Gasteiger partial charge in [0.1, 0.15) is 0 Å². The van der Waals surface area contributed by atoms with Gasteiger partial charge in [0.25, 0.3) is 0 Å². The Morgan fingerprint density at radius 3 is 2.38 bits per heavy atom. The van der Waals surface area contributed by atoms with Crippen molar-refractivity contribution in [3.05, 3.63) is 28.2 Å². The normalized spacial score (nSPS) is 19.2. The van der Waals surface area contributed by atoms with Crippen LogP contribution in [0.5, 0.6) is 0 Å². The Balaban J connectivity index is 1.47. The Bertz CT molecular complexity index is 654. The summed E-state index contributed by atoms with van der Waals surface area (Å²) < 4.78 is 0. The van der Waals surface area contributed by atoms with E-state index in [1.165, 1.54) is 19.3 Å². The van der Waals surface area contributed by atoms with Crippen molar-refractivity contribution < 1.29 is 9.59 Å². The third-order valence-corrected chi connectivity index (χ3v) is 6.11. The molecule has 2 aliphatic rings. The first-order valence-corrected chi connectivity index (χ1v) is 10.1. The zero-order chi connectivity index (χ0) is 18.5. The molecule has 7 heteroatoms. The molecule has 0 radical (unpaired) electrons. The van der Waals surface area contributed by atoms with Crippen molar-refractivity contribution in [2.45, 2.75) is 51.0 Å². The number of halogens is 2. The first-order chi connectivity index (χ1) is 12.5. The van der Waals surface area contributed by atoms with E-state index in [-0.39, 0.29) is 17.9 Å². The molecule has 1 saturated carbocycles. The Morgan fingerprint density at radius 2 is 1.69 bits per heavy atom. The van der Waals surface area contributed by atoms with Gasteiger partial charge in [0, 0.05) is 25.0 Å². The van der Waals surface area contributed by atoms with Crippen molar-refractivity contribution in [2.24, 2.45) is 5.92 Å². The quantitative estimate of drug-likeness (QED) is 0.776. The largest absolute Gasteiger partial charge is 0.335 e. The van der Waals surface area contributed by atoms with E-state index in [9.17, 15) is 9.59 Å². The molecule has 0 spiro atoms. The summed E-state index contributed by atoms with van der Waals surface area (Å²) in [6.45, 7) is 1.19. The summed E-state index contributed by atoms with van der Waals surface area (Å²) in [5, 5.41) is 6.77. The highest BCUT2D eigenvalue weighted by Crippen LogP contribution is 2.30. The molecule has 1 aromatic carbocycles. The number of urea groups is 1. The Morgan fingerprint density at radius 1 is 1.00 bits per heavy atom. The highest BCUT2D eigenvalue weighted by atomic mass is 35.5. The second-order valence-corrected chi connectivity index (χ2v) is 7.92. The van der Waals surface area contributed by atoms with E-state index in [2.05, 4.69) is 10.6 Å². The zero-order valence-electron chi connectivity index (χ0n) is 14.8. The van der Waals surface area contributed by atoms with Gasteiger partial charge in [-0.2, -0.15) is 0 Å². The first-order valence-electron chi connectivity index (χ1n) is 9.35. The number of carbonyl (C=O) groups excluding carboxylic acids is 2. The number of hydrogen-bond donors (Lipinski definition) is 2. The molecule has 3 rings (SSSR count). The Labute approximate surface area is 164 Å². The second kappa shape index (κ2) is 8.96. The number of piperidine rings is 1. The summed E-state index contributed by atoms with van der Waals surface area (Å²) in [7, 11) is 0. The average molecular weight is 398 g/mol. The molecule has 0 atom stereocenters. The van der Waals surface area contributed by atoms with Gasteiger partial charge in [-0.3, -0.25) is 4.79 Å². The van der Waals surface area contributed by atoms with Crippen LogP contribution in [0.25, 0.3) is 0 Å². The molecule has 0 aromatic heterocycles. The highest BCUT2D eigenvalue weighted by molar-refractivity contribution is 6.44. The number of anilines is 1. The molecule has 1 aliphatic carbocycles. The van der Waals surface area contributed by atoms with Crippen molar-refractivity contribution in [3.8, 4) is 0 Å². The minimum atomic E-state index is -0.122. The maximum Gasteiger partial charge on any atom is 0.317 e. The molecule has 1 saturated heterocycles. The number of benzene rings is 1. The number of carbonyl (C=O) groups is 2. The molecule has 2 fully saturated rings. The predicted molar refractivity (Wildman–Crippen MR) is 105 cm³/mol. The van der Waals surface area contributed by atoms with E-state index in [4.69, 9.17) is 23.2 Å². The van der Waals surface area contributed by atoms with Crippen LogP contribution >= 0.6 is 23.2 Å². The number of nitrogens with one attached hydrogen (secondary N) is 2. The fraction of sp³-hybridized carbons (Fsp3) is 0.579. The fourth-order valence-electron chi connectivity index (χ4n) is 3.69. The molecule has 2 N–H and O–H groups in total. The van der Waals surface area contributed by atoms with Gasteiger partial charge in [0.15, 0.2) is 0 Å². The van der Waals surface area contributed by atoms with E-state index in [0.29, 0.717) is 47.7 Å². The summed E-state index contributed by atoms with van der Waals surface area (Å²) >= 11 is 12.1. The summed E-state index contributed by atoms with van der Waals surface area (Å²) in [5.41, 5.74) is 0.529. The highest BCUT2D eigenvalue weighted by Gasteiger charge is 2.28. The van der Waals surface area contributed by atoms with Gasteiger partial charge >= 0.3 is 6.03 Å². The zero-order valence-corrected chi connectivity index (χ0v) is 16.3. The van der Waals surface area contributed by atoms with Crippen LogP contribution in [0.2, 0.25) is 10.0 Å². The molecule has 0 bridgehead atoms. The summed E-state index contributed by atoms with van der Waals surface area (Å²) in [4.78, 5) is 26.7. The van der Waals surface area contributed by atoms with Crippen molar-refractivity contribution in [2.75, 3.05) is 18.4 Å². The van der Waals surface area contributed by atoms with Gasteiger partial charge in [-0.15, -0.1) is 0 Å². The van der Waals surface area contributed by atoms with Gasteiger partial charge in [0.05, 0.1) is 15.7 Å². The molecule has 3 amide bonds. The Kier molecular flexibility index (Phi) is 6.65. The van der Waals surface area contributed by atoms with Gasteiger partial charge in [0.2, 0.25) is 5.91 Å². The SMILES string of the molecule is O=C(Nc1cccc(Cl)c1Cl)C1CCN(C(=O)NC2CCCCC2)CC1. The first kappa shape index (κ1) is 19.3. The maximum atomic E-state index is 12.5. The van der Waals surface area contributed by atoms with Crippen molar-refractivity contribution in [1.82, 2.24) is 10.2 Å². The summed E-state index contributed by atoms with van der Waals surface area (Å²) in [6, 6.07) is 5.49. The van der Waals surface area contributed by atoms with E-state index >= 15 is 0 Å². The van der Waals surface area contributed by atoms with Crippen molar-refractivity contribution in [3.63, 3.8) is 0 Å². The molecule has 0 unspecified atom stereocenters. The van der Waals surface area contributed by atoms with Crippen LogP contribution in [0.4, 0.5) is 10.5 Å². The summed E-state index contributed by atoms with van der Waals surface area (Å²) in [5.74, 6) is -0.190. The van der Waals surface area contributed by atoms with Crippen LogP contribution < -0.4 is 10.6 Å². The van der Waals surface area contributed by atoms with Crippen LogP contribution in [0, 0.1) is 5.92 Å². The topological polar surface area (TPSA) is 61.4 Å². The molecule has 1 aliphatic heterocycles. The fourth-order valence-corrected chi connectivity index (χ4v) is 4.04. The monoisotopic (exact) mass is 397 g/mol. The Hall–Kier alpha value is -1.46. The minimum absolute atomic E-state index is 0.00800. The van der Waals surface area contributed by atoms with Crippen molar-refractivity contribution >= 4 is 40.8 Å². The van der Waals surface area contributed by atoms with E-state index < -0.39 is 0 Å². The van der Waals surface area contributed by atoms with Gasteiger partial charge < -0.3 is 15.5 Å². The number of likely N-dealkylation sites (tertiary alicyclic amines) is 1. The third-order valence-electron chi connectivity index (χ3n) is 5.30. The summed E-state index contributed by atoms with van der Waals surface area (Å²) in [6.07, 6.45) is 7.11. The number of nitrogens with zero attached hydrogens (tertiary/aromatic N) is 1. The van der Waals surface area contributed by atoms with E-state index in [1.54, 1.807) is 18.2 Å². The smallest absolute Gasteiger partial charge is 0.317 e. The van der Waals surface area contributed by atoms with Crippen LogP contribution in [0.3, 0.4) is 0 Å². The second-order valence-electron chi connectivity index (χ2n) is 7.14. The predicted octanol–water partition coefficient (Wildman–Crippen LogP) is 4.69. The molecular formula is C19H25Cl2N3O2. The lowest BCUT2D eigenvalue weighted by molar-refractivity contribution is -0.121. The van der Waals surface area contributed by atoms with Gasteiger partial charge in [-0.25, -0.2) is 4.79 Å². The lowest BCUT2D eigenvalue weighted by atomic mass is 9.95. The number of rotatable bonds is 3. The minimum Gasteiger partial charge on any atom is -0.335 e. The van der Waals surface area contributed by atoms with Crippen LogP contribution in [0.1, 0.15) is 44.9 Å². The molecule has 142 valence electrons. The van der Waals surface area contributed by atoms with Crippen LogP contribution in [0.15, 0.2) is 18.2 Å². The third kappa shape index (κ3) is 4.83. The van der Waals surface area contributed by atoms with E-state index in [1.807, 2.05) is 4.90 Å². The molecule has 1 aromatic rings. The van der Waals surface area contributed by atoms with Crippen molar-refractivity contribution in [1.29, 1.82) is 0 Å². The maximum absolute atomic E-state index is 12.5. The number of hydrogen-bond acceptors (Lipinski definition) is 2. The van der Waals surface area contributed by atoms with E-state index in [0.717, 1.165) is 12.8 Å². The average Bonchev–Trinajstić information content (AvgIpc) is 2.66. The van der Waals surface area contributed by atoms with Crippen LogP contribution in [-0.4, -0.2) is 36.0 Å².